The van der Waals surface area contributed by atoms with E-state index in [9.17, 15) is 4.79 Å². The Kier molecular flexibility index (Phi) is 4.77. The summed E-state index contributed by atoms with van der Waals surface area (Å²) in [4.78, 5) is 15.1. The third-order valence-corrected chi connectivity index (χ3v) is 5.10. The fraction of sp³-hybridized carbons (Fsp3) is 0.500. The molecule has 0 aliphatic carbocycles. The number of hydrogen-bond acceptors (Lipinski definition) is 8. The lowest BCUT2D eigenvalue weighted by Gasteiger charge is -2.28. The molecule has 1 fully saturated rings. The third kappa shape index (κ3) is 3.25. The molecular weight excluding hydrogens is 374 g/mol. The smallest absolute Gasteiger partial charge is 0.243 e. The summed E-state index contributed by atoms with van der Waals surface area (Å²) >= 11 is 0. The maximum absolute atomic E-state index is 13.1. The summed E-state index contributed by atoms with van der Waals surface area (Å²) in [6.07, 6.45) is 0. The van der Waals surface area contributed by atoms with Crippen molar-refractivity contribution in [2.75, 3.05) is 38.3 Å². The van der Waals surface area contributed by atoms with Gasteiger partial charge >= 0.3 is 0 Å². The van der Waals surface area contributed by atoms with E-state index in [0.717, 1.165) is 11.1 Å². The number of methoxy groups -OCH3 is 1. The van der Waals surface area contributed by atoms with Gasteiger partial charge in [0.25, 0.3) is 0 Å². The van der Waals surface area contributed by atoms with E-state index in [4.69, 9.17) is 13.9 Å². The monoisotopic (exact) mass is 399 g/mol. The standard InChI is InChI=1S/C20H25N5O4/c1-12-13(18-21-22-23-25(18)20(2,3)4)6-7-14-15(26)17(27-5)19(29-16(12)14)24-8-10-28-11-9-24/h6-7H,8-11H2,1-5H3. The van der Waals surface area contributed by atoms with Gasteiger partial charge in [-0.1, -0.05) is 0 Å². The summed E-state index contributed by atoms with van der Waals surface area (Å²) in [6, 6.07) is 3.60. The molecule has 1 aromatic carbocycles. The number of tetrazole rings is 1. The third-order valence-electron chi connectivity index (χ3n) is 5.10. The zero-order chi connectivity index (χ0) is 20.8. The molecule has 0 N–H and O–H groups in total. The average molecular weight is 399 g/mol. The van der Waals surface area contributed by atoms with Crippen LogP contribution >= 0.6 is 0 Å². The summed E-state index contributed by atoms with van der Waals surface area (Å²) in [5, 5.41) is 12.7. The summed E-state index contributed by atoms with van der Waals surface area (Å²) in [5.74, 6) is 1.28. The highest BCUT2D eigenvalue weighted by molar-refractivity contribution is 5.88. The van der Waals surface area contributed by atoms with Crippen molar-refractivity contribution in [3.63, 3.8) is 0 Å². The Morgan fingerprint density at radius 1 is 1.17 bits per heavy atom. The van der Waals surface area contributed by atoms with Gasteiger partial charge in [-0.05, 0) is 50.3 Å². The Morgan fingerprint density at radius 3 is 2.55 bits per heavy atom. The zero-order valence-corrected chi connectivity index (χ0v) is 17.4. The lowest BCUT2D eigenvalue weighted by molar-refractivity contribution is 0.120. The van der Waals surface area contributed by atoms with Crippen molar-refractivity contribution in [1.29, 1.82) is 0 Å². The highest BCUT2D eigenvalue weighted by Crippen LogP contribution is 2.35. The van der Waals surface area contributed by atoms with Crippen molar-refractivity contribution in [2.45, 2.75) is 33.2 Å². The van der Waals surface area contributed by atoms with E-state index in [1.807, 2.05) is 38.7 Å². The Hall–Kier alpha value is -2.94. The summed E-state index contributed by atoms with van der Waals surface area (Å²) in [5.41, 5.74) is 1.65. The first kappa shape index (κ1) is 19.4. The van der Waals surface area contributed by atoms with Crippen LogP contribution in [0.15, 0.2) is 21.3 Å². The normalized spacial score (nSPS) is 15.1. The van der Waals surface area contributed by atoms with Gasteiger partial charge in [-0.3, -0.25) is 4.79 Å². The van der Waals surface area contributed by atoms with Gasteiger partial charge in [-0.2, -0.15) is 0 Å². The molecule has 1 aliphatic rings. The number of aromatic nitrogens is 4. The van der Waals surface area contributed by atoms with E-state index in [0.29, 0.717) is 49.0 Å². The number of aryl methyl sites for hydroxylation is 1. The topological polar surface area (TPSA) is 95.5 Å². The van der Waals surface area contributed by atoms with Gasteiger partial charge in [-0.25, -0.2) is 4.68 Å². The second-order valence-corrected chi connectivity index (χ2v) is 8.07. The number of ether oxygens (including phenoxy) is 2. The van der Waals surface area contributed by atoms with E-state index >= 15 is 0 Å². The number of anilines is 1. The van der Waals surface area contributed by atoms with E-state index in [2.05, 4.69) is 15.5 Å². The SMILES string of the molecule is COc1c(N2CCOCC2)oc2c(C)c(-c3nnnn3C(C)(C)C)ccc2c1=O. The number of rotatable bonds is 3. The van der Waals surface area contributed by atoms with Crippen molar-refractivity contribution in [3.05, 3.63) is 27.9 Å². The molecular formula is C20H25N5O4. The van der Waals surface area contributed by atoms with Crippen molar-refractivity contribution >= 4 is 16.9 Å². The fourth-order valence-corrected chi connectivity index (χ4v) is 3.57. The lowest BCUT2D eigenvalue weighted by atomic mass is 10.0. The lowest BCUT2D eigenvalue weighted by Crippen LogP contribution is -2.37. The molecule has 0 amide bonds. The van der Waals surface area contributed by atoms with Crippen molar-refractivity contribution in [2.24, 2.45) is 0 Å². The van der Waals surface area contributed by atoms with E-state index in [1.54, 1.807) is 10.7 Å². The molecule has 0 atom stereocenters. The van der Waals surface area contributed by atoms with Crippen LogP contribution in [0.4, 0.5) is 5.88 Å². The largest absolute Gasteiger partial charge is 0.488 e. The van der Waals surface area contributed by atoms with Crippen molar-refractivity contribution in [1.82, 2.24) is 20.2 Å². The van der Waals surface area contributed by atoms with Gasteiger partial charge in [0, 0.05) is 24.2 Å². The molecule has 3 heterocycles. The molecule has 9 nitrogen and oxygen atoms in total. The van der Waals surface area contributed by atoms with Crippen LogP contribution in [-0.2, 0) is 10.3 Å². The Labute approximate surface area is 168 Å². The molecule has 1 aliphatic heterocycles. The van der Waals surface area contributed by atoms with Gasteiger partial charge in [0.1, 0.15) is 5.58 Å². The molecule has 29 heavy (non-hydrogen) atoms. The predicted octanol–water partition coefficient (Wildman–Crippen LogP) is 2.36. The van der Waals surface area contributed by atoms with Crippen LogP contribution in [-0.4, -0.2) is 53.6 Å². The maximum atomic E-state index is 13.1. The molecule has 154 valence electrons. The molecule has 0 bridgehead atoms. The minimum Gasteiger partial charge on any atom is -0.488 e. The highest BCUT2D eigenvalue weighted by Gasteiger charge is 2.26. The highest BCUT2D eigenvalue weighted by atomic mass is 16.5. The van der Waals surface area contributed by atoms with Gasteiger partial charge in [0.15, 0.2) is 5.82 Å². The minimum absolute atomic E-state index is 0.194. The van der Waals surface area contributed by atoms with Crippen LogP contribution in [0.1, 0.15) is 26.3 Å². The van der Waals surface area contributed by atoms with E-state index in [1.165, 1.54) is 7.11 Å². The molecule has 0 unspecified atom stereocenters. The molecule has 4 rings (SSSR count). The van der Waals surface area contributed by atoms with Gasteiger partial charge in [0.05, 0.1) is 31.2 Å². The van der Waals surface area contributed by atoms with Crippen LogP contribution in [0.25, 0.3) is 22.4 Å². The zero-order valence-electron chi connectivity index (χ0n) is 17.4. The number of fused-ring (bicyclic) bond motifs is 1. The first-order valence-electron chi connectivity index (χ1n) is 9.59. The Balaban J connectivity index is 1.95. The van der Waals surface area contributed by atoms with Gasteiger partial charge in [-0.15, -0.1) is 5.10 Å². The number of hydrogen-bond donors (Lipinski definition) is 0. The predicted molar refractivity (Wildman–Crippen MR) is 109 cm³/mol. The number of benzene rings is 1. The first-order chi connectivity index (χ1) is 13.8. The van der Waals surface area contributed by atoms with Crippen LogP contribution in [0, 0.1) is 6.92 Å². The summed E-state index contributed by atoms with van der Waals surface area (Å²) in [7, 11) is 1.49. The van der Waals surface area contributed by atoms with Crippen LogP contribution < -0.4 is 15.1 Å². The molecule has 3 aromatic rings. The van der Waals surface area contributed by atoms with Crippen molar-refractivity contribution < 1.29 is 13.9 Å². The molecule has 0 spiro atoms. The number of nitrogens with zero attached hydrogens (tertiary/aromatic N) is 5. The average Bonchev–Trinajstić information content (AvgIpc) is 3.19. The molecule has 2 aromatic heterocycles. The van der Waals surface area contributed by atoms with Crippen LogP contribution in [0.2, 0.25) is 0 Å². The second-order valence-electron chi connectivity index (χ2n) is 8.07. The molecule has 1 saturated heterocycles. The summed E-state index contributed by atoms with van der Waals surface area (Å²) in [6.45, 7) is 10.4. The quantitative estimate of drug-likeness (QED) is 0.662. The molecule has 9 heteroatoms. The van der Waals surface area contributed by atoms with Crippen LogP contribution in [0.3, 0.4) is 0 Å². The number of morpholine rings is 1. The van der Waals surface area contributed by atoms with Crippen LogP contribution in [0.5, 0.6) is 5.75 Å². The maximum Gasteiger partial charge on any atom is 0.243 e. The Morgan fingerprint density at radius 2 is 1.90 bits per heavy atom. The Bertz CT molecular complexity index is 1110. The van der Waals surface area contributed by atoms with Crippen molar-refractivity contribution in [3.8, 4) is 17.1 Å². The summed E-state index contributed by atoms with van der Waals surface area (Å²) < 4.78 is 18.9. The molecule has 0 saturated carbocycles. The minimum atomic E-state index is -0.292. The van der Waals surface area contributed by atoms with E-state index < -0.39 is 0 Å². The second kappa shape index (κ2) is 7.14. The van der Waals surface area contributed by atoms with Gasteiger partial charge < -0.3 is 18.8 Å². The first-order valence-corrected chi connectivity index (χ1v) is 9.59. The van der Waals surface area contributed by atoms with E-state index in [-0.39, 0.29) is 16.7 Å². The fourth-order valence-electron chi connectivity index (χ4n) is 3.57. The van der Waals surface area contributed by atoms with Gasteiger partial charge in [0.2, 0.25) is 17.1 Å². The molecule has 0 radical (unpaired) electrons.